The first-order valence-corrected chi connectivity index (χ1v) is 11.2. The van der Waals surface area contributed by atoms with Crippen LogP contribution in [-0.2, 0) is 4.79 Å². The zero-order chi connectivity index (χ0) is 20.9. The zero-order valence-corrected chi connectivity index (χ0v) is 17.8. The SMILES string of the molecule is CC1CCCC(C)C12NC(=O)N(CN1CCC(c3nc4ccccc4o3)CC1)C2=O. The van der Waals surface area contributed by atoms with E-state index in [0.29, 0.717) is 6.67 Å². The van der Waals surface area contributed by atoms with Crippen LogP contribution in [0.5, 0.6) is 0 Å². The molecule has 7 heteroatoms. The van der Waals surface area contributed by atoms with Gasteiger partial charge in [0.25, 0.3) is 5.91 Å². The number of carbonyl (C=O) groups excluding carboxylic acids is 2. The van der Waals surface area contributed by atoms with E-state index in [-0.39, 0.29) is 29.7 Å². The van der Waals surface area contributed by atoms with Crippen LogP contribution in [0.2, 0.25) is 0 Å². The lowest BCUT2D eigenvalue weighted by Gasteiger charge is -2.42. The average molecular weight is 411 g/mol. The van der Waals surface area contributed by atoms with Crippen molar-refractivity contribution in [3.63, 3.8) is 0 Å². The first kappa shape index (κ1) is 19.5. The molecule has 1 aliphatic carbocycles. The van der Waals surface area contributed by atoms with E-state index in [4.69, 9.17) is 4.42 Å². The number of piperidine rings is 1. The van der Waals surface area contributed by atoms with Gasteiger partial charge in [-0.3, -0.25) is 9.69 Å². The minimum atomic E-state index is -0.716. The Bertz CT molecular complexity index is 919. The van der Waals surface area contributed by atoms with Crippen LogP contribution in [0, 0.1) is 11.8 Å². The molecule has 3 amide bonds. The molecule has 30 heavy (non-hydrogen) atoms. The lowest BCUT2D eigenvalue weighted by molar-refractivity contribution is -0.138. The molecule has 3 heterocycles. The number of rotatable bonds is 3. The molecule has 2 unspecified atom stereocenters. The third-order valence-electron chi connectivity index (χ3n) is 7.58. The molecule has 1 N–H and O–H groups in total. The maximum Gasteiger partial charge on any atom is 0.326 e. The van der Waals surface area contributed by atoms with Crippen molar-refractivity contribution in [3.05, 3.63) is 30.2 Å². The molecular formula is C23H30N4O3. The molecular weight excluding hydrogens is 380 g/mol. The van der Waals surface area contributed by atoms with E-state index >= 15 is 0 Å². The second kappa shape index (κ2) is 7.38. The van der Waals surface area contributed by atoms with E-state index in [1.54, 1.807) is 0 Å². The molecule has 1 aromatic carbocycles. The van der Waals surface area contributed by atoms with Crippen molar-refractivity contribution < 1.29 is 14.0 Å². The van der Waals surface area contributed by atoms with Crippen molar-refractivity contribution in [1.82, 2.24) is 20.1 Å². The number of carbonyl (C=O) groups is 2. The van der Waals surface area contributed by atoms with E-state index in [2.05, 4.69) is 29.0 Å². The highest BCUT2D eigenvalue weighted by molar-refractivity contribution is 6.07. The van der Waals surface area contributed by atoms with Gasteiger partial charge >= 0.3 is 6.03 Å². The molecule has 2 atom stereocenters. The summed E-state index contributed by atoms with van der Waals surface area (Å²) in [4.78, 5) is 34.4. The summed E-state index contributed by atoms with van der Waals surface area (Å²) < 4.78 is 5.95. The molecule has 2 aromatic rings. The minimum Gasteiger partial charge on any atom is -0.440 e. The zero-order valence-electron chi connectivity index (χ0n) is 17.8. The van der Waals surface area contributed by atoms with E-state index in [9.17, 15) is 9.59 Å². The Hall–Kier alpha value is -2.41. The molecule has 0 radical (unpaired) electrons. The van der Waals surface area contributed by atoms with Crippen molar-refractivity contribution >= 4 is 23.0 Å². The second-order valence-corrected chi connectivity index (χ2v) is 9.32. The lowest BCUT2D eigenvalue weighted by Crippen LogP contribution is -2.59. The average Bonchev–Trinajstić information content (AvgIpc) is 3.28. The fourth-order valence-electron chi connectivity index (χ4n) is 5.67. The number of nitrogens with one attached hydrogen (secondary N) is 1. The van der Waals surface area contributed by atoms with Crippen LogP contribution in [0.25, 0.3) is 11.1 Å². The van der Waals surface area contributed by atoms with Crippen molar-refractivity contribution in [2.45, 2.75) is 57.4 Å². The molecule has 0 bridgehead atoms. The summed E-state index contributed by atoms with van der Waals surface area (Å²) in [6, 6.07) is 7.61. The summed E-state index contributed by atoms with van der Waals surface area (Å²) in [6.07, 6.45) is 4.92. The predicted octanol–water partition coefficient (Wildman–Crippen LogP) is 3.71. The largest absolute Gasteiger partial charge is 0.440 e. The summed E-state index contributed by atoms with van der Waals surface area (Å²) >= 11 is 0. The van der Waals surface area contributed by atoms with Crippen LogP contribution < -0.4 is 5.32 Å². The molecule has 2 aliphatic heterocycles. The van der Waals surface area contributed by atoms with Crippen LogP contribution in [0.15, 0.2) is 28.7 Å². The molecule has 3 aliphatic rings. The van der Waals surface area contributed by atoms with Crippen LogP contribution in [0.3, 0.4) is 0 Å². The first-order valence-electron chi connectivity index (χ1n) is 11.2. The Kier molecular flexibility index (Phi) is 4.81. The lowest BCUT2D eigenvalue weighted by atomic mass is 9.67. The molecule has 160 valence electrons. The van der Waals surface area contributed by atoms with Gasteiger partial charge in [-0.2, -0.15) is 0 Å². The Balaban J connectivity index is 1.24. The number of fused-ring (bicyclic) bond motifs is 1. The topological polar surface area (TPSA) is 78.7 Å². The van der Waals surface area contributed by atoms with Gasteiger partial charge in [0.05, 0.1) is 6.67 Å². The number of hydrogen-bond acceptors (Lipinski definition) is 5. The van der Waals surface area contributed by atoms with Crippen LogP contribution in [-0.4, -0.2) is 52.0 Å². The van der Waals surface area contributed by atoms with Crippen molar-refractivity contribution in [2.75, 3.05) is 19.8 Å². The van der Waals surface area contributed by atoms with Crippen molar-refractivity contribution in [1.29, 1.82) is 0 Å². The van der Waals surface area contributed by atoms with E-state index < -0.39 is 5.54 Å². The van der Waals surface area contributed by atoms with E-state index in [1.165, 1.54) is 4.90 Å². The summed E-state index contributed by atoms with van der Waals surface area (Å²) in [5.74, 6) is 1.39. The smallest absolute Gasteiger partial charge is 0.326 e. The van der Waals surface area contributed by atoms with Gasteiger partial charge in [-0.25, -0.2) is 14.7 Å². The number of aromatic nitrogens is 1. The number of benzene rings is 1. The number of likely N-dealkylation sites (tertiary alicyclic amines) is 1. The number of para-hydroxylation sites is 2. The number of hydrogen-bond donors (Lipinski definition) is 1. The molecule has 1 saturated carbocycles. The number of nitrogens with zero attached hydrogens (tertiary/aromatic N) is 3. The minimum absolute atomic E-state index is 0.0340. The highest BCUT2D eigenvalue weighted by Gasteiger charge is 2.58. The standard InChI is InChI=1S/C23H30N4O3/c1-15-6-5-7-16(2)23(15)21(28)27(22(29)25-23)14-26-12-10-17(11-13-26)20-24-18-8-3-4-9-19(18)30-20/h3-4,8-9,15-17H,5-7,10-14H2,1-2H3,(H,25,29). The maximum atomic E-state index is 13.4. The van der Waals surface area contributed by atoms with Gasteiger partial charge in [0, 0.05) is 19.0 Å². The van der Waals surface area contributed by atoms with Crippen LogP contribution >= 0.6 is 0 Å². The van der Waals surface area contributed by atoms with Gasteiger partial charge in [0.15, 0.2) is 11.5 Å². The van der Waals surface area contributed by atoms with Gasteiger partial charge in [-0.15, -0.1) is 0 Å². The number of amides is 3. The maximum absolute atomic E-state index is 13.4. The summed E-state index contributed by atoms with van der Waals surface area (Å²) in [5.41, 5.74) is 1.01. The predicted molar refractivity (Wildman–Crippen MR) is 113 cm³/mol. The highest BCUT2D eigenvalue weighted by atomic mass is 16.3. The van der Waals surface area contributed by atoms with Crippen molar-refractivity contribution in [3.8, 4) is 0 Å². The molecule has 1 aromatic heterocycles. The van der Waals surface area contributed by atoms with E-state index in [1.807, 2.05) is 24.3 Å². The highest BCUT2D eigenvalue weighted by Crippen LogP contribution is 2.42. The summed E-state index contributed by atoms with van der Waals surface area (Å²) in [6.45, 7) is 6.20. The number of imide groups is 1. The Labute approximate surface area is 176 Å². The molecule has 5 rings (SSSR count). The first-order chi connectivity index (χ1) is 14.5. The van der Waals surface area contributed by atoms with Gasteiger partial charge in [0.2, 0.25) is 0 Å². The Morgan fingerprint density at radius 3 is 2.50 bits per heavy atom. The quantitative estimate of drug-likeness (QED) is 0.781. The van der Waals surface area contributed by atoms with Crippen LogP contribution in [0.1, 0.15) is 57.8 Å². The van der Waals surface area contributed by atoms with Gasteiger partial charge in [-0.05, 0) is 49.7 Å². The fraction of sp³-hybridized carbons (Fsp3) is 0.609. The normalized spacial score (nSPS) is 31.1. The summed E-state index contributed by atoms with van der Waals surface area (Å²) in [5, 5.41) is 3.09. The van der Waals surface area contributed by atoms with E-state index in [0.717, 1.165) is 62.2 Å². The third kappa shape index (κ3) is 3.02. The summed E-state index contributed by atoms with van der Waals surface area (Å²) in [7, 11) is 0. The number of urea groups is 1. The number of oxazole rings is 1. The van der Waals surface area contributed by atoms with Gasteiger partial charge in [0.1, 0.15) is 11.1 Å². The third-order valence-corrected chi connectivity index (χ3v) is 7.58. The van der Waals surface area contributed by atoms with Crippen LogP contribution in [0.4, 0.5) is 4.79 Å². The van der Waals surface area contributed by atoms with Crippen molar-refractivity contribution in [2.24, 2.45) is 11.8 Å². The van der Waals surface area contributed by atoms with Gasteiger partial charge < -0.3 is 9.73 Å². The molecule has 7 nitrogen and oxygen atoms in total. The monoisotopic (exact) mass is 410 g/mol. The second-order valence-electron chi connectivity index (χ2n) is 9.32. The Morgan fingerprint density at radius 1 is 1.10 bits per heavy atom. The fourth-order valence-corrected chi connectivity index (χ4v) is 5.67. The molecule has 1 spiro atoms. The molecule has 3 fully saturated rings. The van der Waals surface area contributed by atoms with Gasteiger partial charge in [-0.1, -0.05) is 32.4 Å². The Morgan fingerprint density at radius 2 is 1.80 bits per heavy atom. The molecule has 2 saturated heterocycles.